The molecular weight excluding hydrogens is 454 g/mol. The molecule has 4 aromatic rings. The van der Waals surface area contributed by atoms with Crippen LogP contribution in [0.25, 0.3) is 11.3 Å². The van der Waals surface area contributed by atoms with Crippen molar-refractivity contribution in [3.05, 3.63) is 112 Å². The van der Waals surface area contributed by atoms with Crippen LogP contribution >= 0.6 is 15.9 Å². The number of halogens is 1. The van der Waals surface area contributed by atoms with Crippen molar-refractivity contribution >= 4 is 27.7 Å². The molecule has 0 bridgehead atoms. The van der Waals surface area contributed by atoms with Crippen LogP contribution in [0.2, 0.25) is 0 Å². The molecule has 0 saturated carbocycles. The zero-order valence-corrected chi connectivity index (χ0v) is 18.2. The highest BCUT2D eigenvalue weighted by Gasteiger charge is 2.20. The first-order chi connectivity index (χ1) is 15.1. The molecule has 5 nitrogen and oxygen atoms in total. The monoisotopic (exact) mass is 473 g/mol. The van der Waals surface area contributed by atoms with Crippen LogP contribution in [0.4, 0.5) is 5.82 Å². The van der Waals surface area contributed by atoms with Crippen LogP contribution in [0.15, 0.2) is 95.6 Å². The lowest BCUT2D eigenvalue weighted by atomic mass is 10.1. The van der Waals surface area contributed by atoms with Crippen molar-refractivity contribution in [2.24, 2.45) is 0 Å². The van der Waals surface area contributed by atoms with Crippen LogP contribution in [0.5, 0.6) is 0 Å². The Kier molecular flexibility index (Phi) is 6.50. The summed E-state index contributed by atoms with van der Waals surface area (Å²) in [7, 11) is 0. The maximum Gasteiger partial charge on any atom is 0.229 e. The zero-order valence-electron chi connectivity index (χ0n) is 16.6. The van der Waals surface area contributed by atoms with E-state index < -0.39 is 6.10 Å². The Morgan fingerprint density at radius 1 is 0.935 bits per heavy atom. The Hall–Kier alpha value is -3.35. The summed E-state index contributed by atoms with van der Waals surface area (Å²) >= 11 is 3.39. The van der Waals surface area contributed by atoms with E-state index in [9.17, 15) is 9.90 Å². The van der Waals surface area contributed by atoms with E-state index in [1.807, 2.05) is 84.9 Å². The molecule has 0 fully saturated rings. The number of carbonyl (C=O) groups excluding carboxylic acids is 1. The first-order valence-electron chi connectivity index (χ1n) is 9.80. The number of nitrogens with zero attached hydrogens (tertiary/aromatic N) is 2. The van der Waals surface area contributed by atoms with Crippen LogP contribution < -0.4 is 5.32 Å². The highest BCUT2D eigenvalue weighted by atomic mass is 79.9. The third kappa shape index (κ3) is 5.23. The summed E-state index contributed by atoms with van der Waals surface area (Å²) in [5.41, 5.74) is 3.35. The molecule has 1 atom stereocenters. The molecule has 0 aliphatic rings. The highest BCUT2D eigenvalue weighted by molar-refractivity contribution is 9.10. The van der Waals surface area contributed by atoms with Gasteiger partial charge in [-0.2, -0.15) is 0 Å². The van der Waals surface area contributed by atoms with Crippen molar-refractivity contribution in [2.45, 2.75) is 12.5 Å². The molecule has 1 aromatic heterocycles. The minimum atomic E-state index is -1.03. The van der Waals surface area contributed by atoms with E-state index in [2.05, 4.69) is 31.2 Å². The standard InChI is InChI=1S/C25H20BrN3O2/c26-20-13-11-17(12-14-20)15-22(30)29-25-23(24(31)19-9-5-2-6-10-19)28-21(16-27-25)18-7-3-1-4-8-18/h1-14,16,24,31H,15H2,(H,27,29,30). The maximum absolute atomic E-state index is 12.7. The number of benzene rings is 3. The van der Waals surface area contributed by atoms with Gasteiger partial charge in [0, 0.05) is 10.0 Å². The van der Waals surface area contributed by atoms with Crippen molar-refractivity contribution < 1.29 is 9.90 Å². The fraction of sp³-hybridized carbons (Fsp3) is 0.0800. The molecular formula is C25H20BrN3O2. The van der Waals surface area contributed by atoms with Crippen molar-refractivity contribution in [1.82, 2.24) is 9.97 Å². The molecule has 2 N–H and O–H groups in total. The van der Waals surface area contributed by atoms with Crippen molar-refractivity contribution in [2.75, 3.05) is 5.32 Å². The van der Waals surface area contributed by atoms with E-state index in [0.29, 0.717) is 17.0 Å². The second-order valence-electron chi connectivity index (χ2n) is 7.02. The minimum Gasteiger partial charge on any atom is -0.382 e. The van der Waals surface area contributed by atoms with E-state index in [-0.39, 0.29) is 18.1 Å². The van der Waals surface area contributed by atoms with Gasteiger partial charge in [-0.05, 0) is 23.3 Å². The largest absolute Gasteiger partial charge is 0.382 e. The van der Waals surface area contributed by atoms with Gasteiger partial charge < -0.3 is 10.4 Å². The number of rotatable bonds is 6. The van der Waals surface area contributed by atoms with Gasteiger partial charge in [0.15, 0.2) is 5.82 Å². The van der Waals surface area contributed by atoms with Gasteiger partial charge in [0.25, 0.3) is 0 Å². The Labute approximate surface area is 189 Å². The van der Waals surface area contributed by atoms with Gasteiger partial charge in [0.1, 0.15) is 11.8 Å². The normalized spacial score (nSPS) is 11.7. The number of aliphatic hydroxyl groups excluding tert-OH is 1. The molecule has 31 heavy (non-hydrogen) atoms. The van der Waals surface area contributed by atoms with Crippen LogP contribution in [0.3, 0.4) is 0 Å². The summed E-state index contributed by atoms with van der Waals surface area (Å²) in [6.07, 6.45) is 0.766. The number of amides is 1. The van der Waals surface area contributed by atoms with Gasteiger partial charge in [0.05, 0.1) is 18.3 Å². The molecule has 6 heteroatoms. The van der Waals surface area contributed by atoms with Gasteiger partial charge in [-0.3, -0.25) is 4.79 Å². The molecule has 0 aliphatic heterocycles. The Balaban J connectivity index is 1.65. The van der Waals surface area contributed by atoms with Gasteiger partial charge >= 0.3 is 0 Å². The predicted molar refractivity (Wildman–Crippen MR) is 124 cm³/mol. The predicted octanol–water partition coefficient (Wildman–Crippen LogP) is 5.17. The summed E-state index contributed by atoms with van der Waals surface area (Å²) in [4.78, 5) is 21.8. The number of anilines is 1. The summed E-state index contributed by atoms with van der Waals surface area (Å²) < 4.78 is 0.951. The third-order valence-electron chi connectivity index (χ3n) is 4.78. The Morgan fingerprint density at radius 3 is 2.26 bits per heavy atom. The topological polar surface area (TPSA) is 75.1 Å². The summed E-state index contributed by atoms with van der Waals surface area (Å²) in [6, 6.07) is 26.3. The number of aromatic nitrogens is 2. The van der Waals surface area contributed by atoms with E-state index in [4.69, 9.17) is 0 Å². The van der Waals surface area contributed by atoms with Crippen LogP contribution in [-0.2, 0) is 11.2 Å². The molecule has 0 saturated heterocycles. The number of carbonyl (C=O) groups is 1. The second kappa shape index (κ2) is 9.64. The Bertz CT molecular complexity index is 1170. The van der Waals surface area contributed by atoms with Gasteiger partial charge in [-0.15, -0.1) is 0 Å². The van der Waals surface area contributed by atoms with E-state index in [1.165, 1.54) is 0 Å². The fourth-order valence-electron chi connectivity index (χ4n) is 3.20. The van der Waals surface area contributed by atoms with Crippen LogP contribution in [0.1, 0.15) is 22.9 Å². The fourth-order valence-corrected chi connectivity index (χ4v) is 3.46. The van der Waals surface area contributed by atoms with E-state index in [0.717, 1.165) is 15.6 Å². The minimum absolute atomic E-state index is 0.191. The lowest BCUT2D eigenvalue weighted by Gasteiger charge is -2.16. The first kappa shape index (κ1) is 20.9. The van der Waals surface area contributed by atoms with Gasteiger partial charge in [0.2, 0.25) is 5.91 Å². The number of aliphatic hydroxyl groups is 1. The molecule has 1 heterocycles. The average molecular weight is 474 g/mol. The maximum atomic E-state index is 12.7. The molecule has 0 aliphatic carbocycles. The quantitative estimate of drug-likeness (QED) is 0.405. The molecule has 4 rings (SSSR count). The Morgan fingerprint density at radius 2 is 1.58 bits per heavy atom. The van der Waals surface area contributed by atoms with Crippen molar-refractivity contribution in [3.63, 3.8) is 0 Å². The molecule has 3 aromatic carbocycles. The highest BCUT2D eigenvalue weighted by Crippen LogP contribution is 2.28. The molecule has 1 unspecified atom stereocenters. The smallest absolute Gasteiger partial charge is 0.229 e. The average Bonchev–Trinajstić information content (AvgIpc) is 2.81. The van der Waals surface area contributed by atoms with Crippen LogP contribution in [-0.4, -0.2) is 21.0 Å². The SMILES string of the molecule is O=C(Cc1ccc(Br)cc1)Nc1ncc(-c2ccccc2)nc1C(O)c1ccccc1. The number of hydrogen-bond donors (Lipinski definition) is 2. The molecule has 154 valence electrons. The number of hydrogen-bond acceptors (Lipinski definition) is 4. The molecule has 1 amide bonds. The first-order valence-corrected chi connectivity index (χ1v) is 10.6. The summed E-state index contributed by atoms with van der Waals surface area (Å²) in [5.74, 6) is 0.0174. The second-order valence-corrected chi connectivity index (χ2v) is 7.94. The van der Waals surface area contributed by atoms with Crippen molar-refractivity contribution in [3.8, 4) is 11.3 Å². The lowest BCUT2D eigenvalue weighted by Crippen LogP contribution is -2.19. The molecule has 0 radical (unpaired) electrons. The summed E-state index contributed by atoms with van der Waals surface area (Å²) in [5, 5.41) is 13.8. The van der Waals surface area contributed by atoms with Crippen molar-refractivity contribution in [1.29, 1.82) is 0 Å². The zero-order chi connectivity index (χ0) is 21.6. The van der Waals surface area contributed by atoms with E-state index in [1.54, 1.807) is 6.20 Å². The van der Waals surface area contributed by atoms with Crippen LogP contribution in [0, 0.1) is 0 Å². The molecule has 0 spiro atoms. The van der Waals surface area contributed by atoms with Gasteiger partial charge in [-0.25, -0.2) is 9.97 Å². The van der Waals surface area contributed by atoms with Gasteiger partial charge in [-0.1, -0.05) is 88.7 Å². The van der Waals surface area contributed by atoms with E-state index >= 15 is 0 Å². The third-order valence-corrected chi connectivity index (χ3v) is 5.31. The lowest BCUT2D eigenvalue weighted by molar-refractivity contribution is -0.115. The number of nitrogens with one attached hydrogen (secondary N) is 1. The summed E-state index contributed by atoms with van der Waals surface area (Å²) in [6.45, 7) is 0.